The molecule has 2 aromatic heterocycles. The van der Waals surface area contributed by atoms with Gasteiger partial charge in [-0.15, -0.1) is 12.4 Å². The summed E-state index contributed by atoms with van der Waals surface area (Å²) in [6.07, 6.45) is 0. The highest BCUT2D eigenvalue weighted by Gasteiger charge is 2.07. The number of halogens is 1. The predicted octanol–water partition coefficient (Wildman–Crippen LogP) is 3.92. The fraction of sp³-hybridized carbons (Fsp3) is 0.154. The molecule has 0 spiro atoms. The predicted molar refractivity (Wildman–Crippen MR) is 75.3 cm³/mol. The van der Waals surface area contributed by atoms with Crippen molar-refractivity contribution in [2.45, 2.75) is 13.8 Å². The van der Waals surface area contributed by atoms with Crippen molar-refractivity contribution in [1.82, 2.24) is 16.1 Å². The Morgan fingerprint density at radius 2 is 1.76 bits per heavy atom. The molecule has 0 saturated carbocycles. The third-order valence-electron chi connectivity index (χ3n) is 2.79. The highest BCUT2D eigenvalue weighted by molar-refractivity contribution is 6.08. The van der Waals surface area contributed by atoms with Crippen LogP contribution in [0.25, 0.3) is 21.8 Å². The molecule has 17 heavy (non-hydrogen) atoms. The molecule has 3 rings (SSSR count). The second-order valence-corrected chi connectivity index (χ2v) is 3.94. The summed E-state index contributed by atoms with van der Waals surface area (Å²) in [5, 5.41) is 2.51. The number of hydrogen-bond donors (Lipinski definition) is 2. The average molecular weight is 250 g/mol. The van der Waals surface area contributed by atoms with Gasteiger partial charge in [0.15, 0.2) is 0 Å². The maximum Gasteiger partial charge on any atom is 0.0501 e. The number of aromatic nitrogens is 2. The van der Waals surface area contributed by atoms with Crippen LogP contribution in [0.15, 0.2) is 30.3 Å². The van der Waals surface area contributed by atoms with E-state index in [2.05, 4.69) is 41.2 Å². The van der Waals surface area contributed by atoms with Gasteiger partial charge in [0.1, 0.15) is 0 Å². The molecule has 0 aliphatic rings. The minimum absolute atomic E-state index is 0. The molecule has 3 aromatic rings. The van der Waals surface area contributed by atoms with Crippen LogP contribution in [0.5, 0.6) is 0 Å². The van der Waals surface area contributed by atoms with Gasteiger partial charge in [0.25, 0.3) is 0 Å². The van der Waals surface area contributed by atoms with E-state index >= 15 is 0 Å². The lowest BCUT2D eigenvalue weighted by Crippen LogP contribution is -1.85. The number of benzene rings is 1. The zero-order chi connectivity index (χ0) is 10.4. The van der Waals surface area contributed by atoms with Crippen LogP contribution in [0.1, 0.15) is 11.4 Å². The minimum atomic E-state index is 0. The Labute approximate surface area is 106 Å². The number of aromatic amines is 1. The van der Waals surface area contributed by atoms with Crippen molar-refractivity contribution in [2.24, 2.45) is 0 Å². The summed E-state index contributed by atoms with van der Waals surface area (Å²) in [7, 11) is 0. The summed E-state index contributed by atoms with van der Waals surface area (Å²) < 4.78 is 0. The van der Waals surface area contributed by atoms with Crippen LogP contribution >= 0.6 is 12.4 Å². The average Bonchev–Trinajstić information content (AvgIpc) is 2.54. The third-order valence-corrected chi connectivity index (χ3v) is 2.79. The van der Waals surface area contributed by atoms with Crippen LogP contribution in [0.3, 0.4) is 0 Å². The zero-order valence-electron chi connectivity index (χ0n) is 9.95. The maximum absolute atomic E-state index is 4.50. The second kappa shape index (κ2) is 4.73. The fourth-order valence-corrected chi connectivity index (χ4v) is 2.22. The van der Waals surface area contributed by atoms with Crippen LogP contribution in [-0.2, 0) is 0 Å². The number of fused-ring (bicyclic) bond motifs is 3. The first-order chi connectivity index (χ1) is 7.25. The highest BCUT2D eigenvalue weighted by atomic mass is 35.5. The van der Waals surface area contributed by atoms with Crippen molar-refractivity contribution in [1.29, 1.82) is 0 Å². The van der Waals surface area contributed by atoms with Gasteiger partial charge in [-0.3, -0.25) is 4.98 Å². The van der Waals surface area contributed by atoms with E-state index in [-0.39, 0.29) is 18.6 Å². The van der Waals surface area contributed by atoms with E-state index in [1.807, 2.05) is 13.0 Å². The molecule has 0 atom stereocenters. The van der Waals surface area contributed by atoms with Crippen molar-refractivity contribution in [2.75, 3.05) is 0 Å². The number of nitrogens with zero attached hydrogens (tertiary/aromatic N) is 1. The second-order valence-electron chi connectivity index (χ2n) is 3.94. The molecule has 2 heterocycles. The monoisotopic (exact) mass is 249 g/mol. The molecule has 1 aromatic carbocycles. The van der Waals surface area contributed by atoms with Gasteiger partial charge in [0.05, 0.1) is 5.52 Å². The molecule has 0 saturated heterocycles. The summed E-state index contributed by atoms with van der Waals surface area (Å²) >= 11 is 0. The first-order valence-corrected chi connectivity index (χ1v) is 5.10. The molecule has 0 bridgehead atoms. The van der Waals surface area contributed by atoms with Crippen molar-refractivity contribution in [3.05, 3.63) is 41.7 Å². The Hall–Kier alpha value is -1.58. The summed E-state index contributed by atoms with van der Waals surface area (Å²) in [6, 6.07) is 10.5. The topological polar surface area (TPSA) is 63.7 Å². The molecule has 0 aliphatic heterocycles. The molecule has 0 radical (unpaired) electrons. The number of nitrogens with one attached hydrogen (secondary N) is 1. The lowest BCUT2D eigenvalue weighted by Gasteiger charge is -1.98. The number of para-hydroxylation sites is 1. The van der Waals surface area contributed by atoms with Gasteiger partial charge < -0.3 is 11.1 Å². The van der Waals surface area contributed by atoms with Gasteiger partial charge >= 0.3 is 0 Å². The number of rotatable bonds is 0. The van der Waals surface area contributed by atoms with Crippen molar-refractivity contribution >= 4 is 34.2 Å². The Morgan fingerprint density at radius 1 is 1.06 bits per heavy atom. The Kier molecular flexibility index (Phi) is 3.76. The Bertz CT molecular complexity index is 658. The molecule has 4 N–H and O–H groups in total. The SMILES string of the molecule is Cc1cc2[nH]c3ccccc3c2c(C)n1.Cl.N. The largest absolute Gasteiger partial charge is 0.354 e. The van der Waals surface area contributed by atoms with E-state index in [0.717, 1.165) is 11.4 Å². The Balaban J connectivity index is 0.000000722. The van der Waals surface area contributed by atoms with Gasteiger partial charge in [-0.2, -0.15) is 0 Å². The number of pyridine rings is 1. The van der Waals surface area contributed by atoms with E-state index in [1.165, 1.54) is 21.8 Å². The van der Waals surface area contributed by atoms with Crippen LogP contribution in [-0.4, -0.2) is 9.97 Å². The summed E-state index contributed by atoms with van der Waals surface area (Å²) in [5.41, 5.74) is 4.53. The molecule has 0 fully saturated rings. The first-order valence-electron chi connectivity index (χ1n) is 5.10. The van der Waals surface area contributed by atoms with Crippen molar-refractivity contribution in [3.8, 4) is 0 Å². The third kappa shape index (κ3) is 1.99. The van der Waals surface area contributed by atoms with Gasteiger partial charge in [-0.25, -0.2) is 0 Å². The fourth-order valence-electron chi connectivity index (χ4n) is 2.22. The van der Waals surface area contributed by atoms with E-state index in [9.17, 15) is 0 Å². The number of aryl methyl sites for hydroxylation is 2. The van der Waals surface area contributed by atoms with Gasteiger partial charge in [-0.05, 0) is 26.0 Å². The molecular weight excluding hydrogens is 234 g/mol. The molecule has 0 amide bonds. The molecule has 4 heteroatoms. The molecule has 90 valence electrons. The van der Waals surface area contributed by atoms with Gasteiger partial charge in [0.2, 0.25) is 0 Å². The molecule has 0 aliphatic carbocycles. The van der Waals surface area contributed by atoms with Crippen LogP contribution < -0.4 is 6.15 Å². The normalized spacial score (nSPS) is 10.0. The van der Waals surface area contributed by atoms with E-state index in [4.69, 9.17) is 0 Å². The zero-order valence-corrected chi connectivity index (χ0v) is 10.8. The Morgan fingerprint density at radius 3 is 2.53 bits per heavy atom. The molecular formula is C13H16ClN3. The standard InChI is InChI=1S/C13H12N2.ClH.H3N/c1-8-7-12-13(9(2)14-8)10-5-3-4-6-11(10)15-12;;/h3-7,15H,1-2H3;1H;1H3. The summed E-state index contributed by atoms with van der Waals surface area (Å²) in [5.74, 6) is 0. The van der Waals surface area contributed by atoms with Crippen LogP contribution in [0.2, 0.25) is 0 Å². The maximum atomic E-state index is 4.50. The molecule has 0 unspecified atom stereocenters. The van der Waals surface area contributed by atoms with Crippen LogP contribution in [0, 0.1) is 13.8 Å². The lowest BCUT2D eigenvalue weighted by molar-refractivity contribution is 1.15. The summed E-state index contributed by atoms with van der Waals surface area (Å²) in [4.78, 5) is 7.92. The highest BCUT2D eigenvalue weighted by Crippen LogP contribution is 2.27. The van der Waals surface area contributed by atoms with E-state index in [1.54, 1.807) is 0 Å². The minimum Gasteiger partial charge on any atom is -0.354 e. The smallest absolute Gasteiger partial charge is 0.0501 e. The van der Waals surface area contributed by atoms with Crippen molar-refractivity contribution in [3.63, 3.8) is 0 Å². The van der Waals surface area contributed by atoms with E-state index < -0.39 is 0 Å². The van der Waals surface area contributed by atoms with Gasteiger partial charge in [-0.1, -0.05) is 18.2 Å². The number of hydrogen-bond acceptors (Lipinski definition) is 2. The summed E-state index contributed by atoms with van der Waals surface area (Å²) in [6.45, 7) is 4.09. The first kappa shape index (κ1) is 13.5. The number of H-pyrrole nitrogens is 1. The van der Waals surface area contributed by atoms with Crippen LogP contribution in [0.4, 0.5) is 0 Å². The van der Waals surface area contributed by atoms with Crippen molar-refractivity contribution < 1.29 is 0 Å². The van der Waals surface area contributed by atoms with Gasteiger partial charge in [0, 0.05) is 27.7 Å². The quantitative estimate of drug-likeness (QED) is 0.634. The lowest BCUT2D eigenvalue weighted by atomic mass is 10.1. The van der Waals surface area contributed by atoms with E-state index in [0.29, 0.717) is 0 Å². The molecule has 3 nitrogen and oxygen atoms in total.